The molecule has 0 bridgehead atoms. The van der Waals surface area contributed by atoms with E-state index in [1.807, 2.05) is 0 Å². The highest BCUT2D eigenvalue weighted by atomic mass is 127. The second kappa shape index (κ2) is 30.1. The molecule has 0 heterocycles. The lowest BCUT2D eigenvalue weighted by Crippen LogP contribution is -3.00. The Labute approximate surface area is 300 Å². The van der Waals surface area contributed by atoms with Crippen LogP contribution in [0.5, 0.6) is 0 Å². The molecular weight excluding hydrogens is 819 g/mol. The number of unbranched alkanes of at least 4 members (excludes halogenated alkanes) is 6. The van der Waals surface area contributed by atoms with Crippen molar-refractivity contribution >= 4 is 0 Å². The van der Waals surface area contributed by atoms with E-state index >= 15 is 0 Å². The lowest BCUT2D eigenvalue weighted by atomic mass is 10.1. The van der Waals surface area contributed by atoms with Gasteiger partial charge >= 0.3 is 0 Å². The van der Waals surface area contributed by atoms with Crippen LogP contribution in [0.2, 0.25) is 0 Å². The molecule has 3 nitrogen and oxygen atoms in total. The number of rotatable bonds is 27. The van der Waals surface area contributed by atoms with E-state index in [2.05, 4.69) is 55.4 Å². The molecule has 0 saturated heterocycles. The van der Waals surface area contributed by atoms with E-state index in [1.54, 1.807) is 0 Å². The molecule has 0 saturated carbocycles. The fraction of sp³-hybridized carbons (Fsp3) is 1.00. The third-order valence-electron chi connectivity index (χ3n) is 9.53. The Morgan fingerprint density at radius 3 is 0.590 bits per heavy atom. The molecular formula is C33H74I3N3. The smallest absolute Gasteiger partial charge is 0.0786 e. The van der Waals surface area contributed by atoms with Crippen LogP contribution in [-0.2, 0) is 0 Å². The fourth-order valence-corrected chi connectivity index (χ4v) is 7.30. The van der Waals surface area contributed by atoms with Crippen molar-refractivity contribution in [3.8, 4) is 0 Å². The Kier molecular flexibility index (Phi) is 37.0. The summed E-state index contributed by atoms with van der Waals surface area (Å²) in [6, 6.07) is 0. The van der Waals surface area contributed by atoms with Gasteiger partial charge in [-0.1, -0.05) is 34.6 Å². The number of hydrogen-bond donors (Lipinski definition) is 0. The van der Waals surface area contributed by atoms with Gasteiger partial charge in [-0.3, -0.25) is 0 Å². The molecule has 0 unspecified atom stereocenters. The lowest BCUT2D eigenvalue weighted by molar-refractivity contribution is -0.927. The Balaban J connectivity index is -0.00000204. The summed E-state index contributed by atoms with van der Waals surface area (Å²) in [5.41, 5.74) is 0. The van der Waals surface area contributed by atoms with E-state index in [9.17, 15) is 0 Å². The maximum Gasteiger partial charge on any atom is 0.0786 e. The monoisotopic (exact) mass is 893 g/mol. The fourth-order valence-electron chi connectivity index (χ4n) is 7.30. The van der Waals surface area contributed by atoms with Gasteiger partial charge in [0.1, 0.15) is 0 Å². The van der Waals surface area contributed by atoms with Crippen LogP contribution in [0.4, 0.5) is 0 Å². The minimum atomic E-state index is 0. The summed E-state index contributed by atoms with van der Waals surface area (Å²) in [5.74, 6) is 0. The van der Waals surface area contributed by atoms with E-state index in [4.69, 9.17) is 0 Å². The third kappa shape index (κ3) is 20.6. The standard InChI is InChI=1S/C33H74N3.3HI/c1-9-25-34(14-6,26-10-2)30-21-17-19-23-32-36(16-8,29-13-5)33-24-20-18-22-31-35(15-7,27-11-3)28-12-4;;;/h9-33H2,1-8H3;3*1H/q+3;;;/p-3. The van der Waals surface area contributed by atoms with E-state index in [-0.39, 0.29) is 71.9 Å². The average Bonchev–Trinajstić information content (AvgIpc) is 2.88. The van der Waals surface area contributed by atoms with Crippen molar-refractivity contribution in [2.45, 2.75) is 139 Å². The average molecular weight is 894 g/mol. The van der Waals surface area contributed by atoms with E-state index < -0.39 is 0 Å². The lowest BCUT2D eigenvalue weighted by Gasteiger charge is -2.39. The molecule has 0 spiro atoms. The maximum absolute atomic E-state index is 2.46. The molecule has 0 aliphatic heterocycles. The van der Waals surface area contributed by atoms with Gasteiger partial charge in [-0.25, -0.2) is 0 Å². The second-order valence-corrected chi connectivity index (χ2v) is 12.3. The van der Waals surface area contributed by atoms with Crippen LogP contribution >= 0.6 is 0 Å². The van der Waals surface area contributed by atoms with Crippen molar-refractivity contribution in [1.29, 1.82) is 0 Å². The highest BCUT2D eigenvalue weighted by Gasteiger charge is 2.25. The third-order valence-corrected chi connectivity index (χ3v) is 9.53. The number of quaternary nitrogens is 3. The van der Waals surface area contributed by atoms with Crippen molar-refractivity contribution in [2.75, 3.05) is 78.5 Å². The molecule has 0 amide bonds. The zero-order chi connectivity index (χ0) is 27.2. The van der Waals surface area contributed by atoms with E-state index in [0.717, 1.165) is 0 Å². The predicted molar refractivity (Wildman–Crippen MR) is 165 cm³/mol. The molecule has 242 valence electrons. The molecule has 0 aromatic rings. The zero-order valence-corrected chi connectivity index (χ0v) is 34.6. The summed E-state index contributed by atoms with van der Waals surface area (Å²) in [5, 5.41) is 0. The van der Waals surface area contributed by atoms with Gasteiger partial charge in [-0.15, -0.1) is 0 Å². The highest BCUT2D eigenvalue weighted by molar-refractivity contribution is 4.52. The largest absolute Gasteiger partial charge is 1.00 e. The minimum absolute atomic E-state index is 0. The van der Waals surface area contributed by atoms with Gasteiger partial charge in [0, 0.05) is 0 Å². The van der Waals surface area contributed by atoms with Gasteiger partial charge in [-0.05, 0) is 104 Å². The molecule has 0 rings (SSSR count). The van der Waals surface area contributed by atoms with Crippen LogP contribution < -0.4 is 71.9 Å². The molecule has 0 aliphatic carbocycles. The summed E-state index contributed by atoms with van der Waals surface area (Å²) in [6.07, 6.45) is 18.2. The van der Waals surface area contributed by atoms with E-state index in [1.165, 1.54) is 175 Å². The predicted octanol–water partition coefficient (Wildman–Crippen LogP) is -0.321. The van der Waals surface area contributed by atoms with Crippen LogP contribution in [0.1, 0.15) is 139 Å². The van der Waals surface area contributed by atoms with Gasteiger partial charge in [0.25, 0.3) is 0 Å². The molecule has 0 fully saturated rings. The summed E-state index contributed by atoms with van der Waals surface area (Å²) in [6.45, 7) is 35.7. The topological polar surface area (TPSA) is 0 Å². The van der Waals surface area contributed by atoms with Crippen molar-refractivity contribution in [2.24, 2.45) is 0 Å². The van der Waals surface area contributed by atoms with Gasteiger partial charge in [-0.2, -0.15) is 0 Å². The first-order valence-corrected chi connectivity index (χ1v) is 17.0. The summed E-state index contributed by atoms with van der Waals surface area (Å²) < 4.78 is 4.12. The molecule has 0 radical (unpaired) electrons. The van der Waals surface area contributed by atoms with Crippen molar-refractivity contribution in [1.82, 2.24) is 0 Å². The molecule has 0 N–H and O–H groups in total. The molecule has 0 atom stereocenters. The summed E-state index contributed by atoms with van der Waals surface area (Å²) >= 11 is 0. The van der Waals surface area contributed by atoms with Crippen LogP contribution in [0, 0.1) is 0 Å². The first-order chi connectivity index (χ1) is 17.4. The SMILES string of the molecule is CCC[N+](CC)(CCC)CCCCCC[N+](CC)(CCC)CCCCCC[N+](CC)(CCC)CCC.[I-].[I-].[I-]. The van der Waals surface area contributed by atoms with Crippen molar-refractivity contribution < 1.29 is 85.4 Å². The quantitative estimate of drug-likeness (QED) is 0.0604. The van der Waals surface area contributed by atoms with Crippen molar-refractivity contribution in [3.63, 3.8) is 0 Å². The summed E-state index contributed by atoms with van der Waals surface area (Å²) in [4.78, 5) is 0. The van der Waals surface area contributed by atoms with Gasteiger partial charge < -0.3 is 85.4 Å². The second-order valence-electron chi connectivity index (χ2n) is 12.3. The molecule has 6 heteroatoms. The molecule has 0 aromatic heterocycles. The van der Waals surface area contributed by atoms with Gasteiger partial charge in [0.2, 0.25) is 0 Å². The van der Waals surface area contributed by atoms with Crippen LogP contribution in [-0.4, -0.2) is 92.0 Å². The molecule has 0 aliphatic rings. The first-order valence-electron chi connectivity index (χ1n) is 17.0. The molecule has 39 heavy (non-hydrogen) atoms. The number of hydrogen-bond acceptors (Lipinski definition) is 0. The minimum Gasteiger partial charge on any atom is -1.00 e. The zero-order valence-electron chi connectivity index (χ0n) is 28.2. The number of nitrogens with zero attached hydrogens (tertiary/aromatic N) is 3. The first kappa shape index (κ1) is 48.0. The van der Waals surface area contributed by atoms with Crippen LogP contribution in [0.3, 0.4) is 0 Å². The van der Waals surface area contributed by atoms with Crippen molar-refractivity contribution in [3.05, 3.63) is 0 Å². The Morgan fingerprint density at radius 2 is 0.436 bits per heavy atom. The van der Waals surface area contributed by atoms with Crippen LogP contribution in [0.15, 0.2) is 0 Å². The number of halogens is 3. The molecule has 0 aromatic carbocycles. The Hall–Kier alpha value is 2.07. The maximum atomic E-state index is 2.46. The normalized spacial score (nSPS) is 12.0. The highest BCUT2D eigenvalue weighted by Crippen LogP contribution is 2.18. The van der Waals surface area contributed by atoms with Gasteiger partial charge in [0.05, 0.1) is 78.5 Å². The Morgan fingerprint density at radius 1 is 0.256 bits per heavy atom. The summed E-state index contributed by atoms with van der Waals surface area (Å²) in [7, 11) is 0. The Bertz CT molecular complexity index is 443. The van der Waals surface area contributed by atoms with Gasteiger partial charge in [0.15, 0.2) is 0 Å². The van der Waals surface area contributed by atoms with E-state index in [0.29, 0.717) is 0 Å². The van der Waals surface area contributed by atoms with Crippen LogP contribution in [0.25, 0.3) is 0 Å².